The molecule has 0 aromatic heterocycles. The van der Waals surface area contributed by atoms with Gasteiger partial charge in [0.15, 0.2) is 18.3 Å². The van der Waals surface area contributed by atoms with Crippen LogP contribution in [0.4, 0.5) is 0 Å². The number of para-hydroxylation sites is 1. The van der Waals surface area contributed by atoms with Gasteiger partial charge in [0.1, 0.15) is 0 Å². The first-order valence-electron chi connectivity index (χ1n) is 5.28. The third-order valence-electron chi connectivity index (χ3n) is 2.05. The van der Waals surface area contributed by atoms with Gasteiger partial charge in [-0.05, 0) is 24.4 Å². The lowest BCUT2D eigenvalue weighted by Gasteiger charge is -2.18. The molecule has 0 saturated carbocycles. The number of rotatable bonds is 5. The summed E-state index contributed by atoms with van der Waals surface area (Å²) in [4.78, 5) is 1.68. The van der Waals surface area contributed by atoms with E-state index < -0.39 is 0 Å². The van der Waals surface area contributed by atoms with E-state index in [0.717, 1.165) is 0 Å². The third-order valence-corrected chi connectivity index (χ3v) is 2.50. The van der Waals surface area contributed by atoms with Crippen molar-refractivity contribution in [2.24, 2.45) is 0 Å². The summed E-state index contributed by atoms with van der Waals surface area (Å²) in [6.45, 7) is 0.123. The zero-order valence-electron chi connectivity index (χ0n) is 10.9. The predicted molar refractivity (Wildman–Crippen MR) is 72.4 cm³/mol. The number of hydrogen-bond acceptors (Lipinski definition) is 5. The second kappa shape index (κ2) is 7.03. The fourth-order valence-corrected chi connectivity index (χ4v) is 1.26. The molecular weight excluding hydrogens is 254 g/mol. The van der Waals surface area contributed by atoms with E-state index in [1.807, 2.05) is 0 Å². The molecule has 0 aliphatic carbocycles. The highest BCUT2D eigenvalue weighted by molar-refractivity contribution is 7.80. The van der Waals surface area contributed by atoms with Gasteiger partial charge in [-0.1, -0.05) is 6.07 Å². The summed E-state index contributed by atoms with van der Waals surface area (Å²) in [5, 5.41) is 0.321. The van der Waals surface area contributed by atoms with Crippen LogP contribution in [0.25, 0.3) is 0 Å². The van der Waals surface area contributed by atoms with Crippen LogP contribution in [-0.2, 0) is 4.74 Å². The van der Waals surface area contributed by atoms with Crippen LogP contribution in [0.2, 0.25) is 0 Å². The molecule has 0 aliphatic heterocycles. The highest BCUT2D eigenvalue weighted by Crippen LogP contribution is 2.37. The summed E-state index contributed by atoms with van der Waals surface area (Å²) in [5.41, 5.74) is 0. The van der Waals surface area contributed by atoms with Gasteiger partial charge >= 0.3 is 0 Å². The van der Waals surface area contributed by atoms with Crippen LogP contribution >= 0.6 is 12.2 Å². The molecule has 0 heterocycles. The second-order valence-electron chi connectivity index (χ2n) is 3.60. The van der Waals surface area contributed by atoms with Crippen molar-refractivity contribution >= 4 is 17.4 Å². The van der Waals surface area contributed by atoms with Crippen LogP contribution in [0, 0.1) is 0 Å². The van der Waals surface area contributed by atoms with Crippen molar-refractivity contribution in [1.29, 1.82) is 0 Å². The minimum absolute atomic E-state index is 0.123. The van der Waals surface area contributed by atoms with Crippen molar-refractivity contribution in [3.63, 3.8) is 0 Å². The zero-order chi connectivity index (χ0) is 13.5. The minimum atomic E-state index is 0.123. The number of methoxy groups -OCH3 is 2. The Bertz CT molecular complexity index is 409. The SMILES string of the molecule is COCOc1cccc(OC)c1OC(=S)N(C)C. The van der Waals surface area contributed by atoms with Crippen LogP contribution in [-0.4, -0.2) is 45.2 Å². The van der Waals surface area contributed by atoms with Crippen LogP contribution in [0.1, 0.15) is 0 Å². The molecule has 0 unspecified atom stereocenters. The van der Waals surface area contributed by atoms with Gasteiger partial charge in [0.25, 0.3) is 5.17 Å². The molecule has 18 heavy (non-hydrogen) atoms. The number of thiocarbonyl (C=S) groups is 1. The Kier molecular flexibility index (Phi) is 5.67. The normalized spacial score (nSPS) is 9.78. The fourth-order valence-electron chi connectivity index (χ4n) is 1.17. The van der Waals surface area contributed by atoms with E-state index in [9.17, 15) is 0 Å². The van der Waals surface area contributed by atoms with E-state index in [1.165, 1.54) is 0 Å². The van der Waals surface area contributed by atoms with E-state index in [2.05, 4.69) is 0 Å². The molecule has 0 aliphatic rings. The zero-order valence-corrected chi connectivity index (χ0v) is 11.7. The summed E-state index contributed by atoms with van der Waals surface area (Å²) in [5.74, 6) is 1.50. The molecular formula is C12H17NO4S. The first-order valence-corrected chi connectivity index (χ1v) is 5.68. The molecule has 0 radical (unpaired) electrons. The van der Waals surface area contributed by atoms with Gasteiger partial charge in [-0.3, -0.25) is 0 Å². The summed E-state index contributed by atoms with van der Waals surface area (Å²) < 4.78 is 21.1. The predicted octanol–water partition coefficient (Wildman–Crippen LogP) is 1.90. The number of hydrogen-bond donors (Lipinski definition) is 0. The molecule has 0 amide bonds. The highest BCUT2D eigenvalue weighted by Gasteiger charge is 2.15. The largest absolute Gasteiger partial charge is 0.493 e. The lowest BCUT2D eigenvalue weighted by Crippen LogP contribution is -2.25. The Labute approximate surface area is 112 Å². The Morgan fingerprint density at radius 3 is 2.44 bits per heavy atom. The molecule has 5 nitrogen and oxygen atoms in total. The number of nitrogens with zero attached hydrogens (tertiary/aromatic N) is 1. The smallest absolute Gasteiger partial charge is 0.264 e. The Morgan fingerprint density at radius 1 is 1.22 bits per heavy atom. The maximum absolute atomic E-state index is 5.58. The molecule has 1 aromatic carbocycles. The molecule has 0 saturated heterocycles. The topological polar surface area (TPSA) is 40.2 Å². The van der Waals surface area contributed by atoms with E-state index >= 15 is 0 Å². The monoisotopic (exact) mass is 271 g/mol. The van der Waals surface area contributed by atoms with Crippen molar-refractivity contribution in [1.82, 2.24) is 4.90 Å². The fraction of sp³-hybridized carbons (Fsp3) is 0.417. The summed E-state index contributed by atoms with van der Waals surface area (Å²) in [7, 11) is 6.70. The van der Waals surface area contributed by atoms with Crippen LogP contribution in [0.3, 0.4) is 0 Å². The maximum Gasteiger partial charge on any atom is 0.264 e. The van der Waals surface area contributed by atoms with E-state index in [-0.39, 0.29) is 6.79 Å². The van der Waals surface area contributed by atoms with Gasteiger partial charge in [0.2, 0.25) is 5.75 Å². The van der Waals surface area contributed by atoms with E-state index in [4.69, 9.17) is 31.2 Å². The minimum Gasteiger partial charge on any atom is -0.493 e. The average Bonchev–Trinajstić information content (AvgIpc) is 2.37. The summed E-state index contributed by atoms with van der Waals surface area (Å²) in [6, 6.07) is 5.33. The Morgan fingerprint density at radius 2 is 1.89 bits per heavy atom. The van der Waals surface area contributed by atoms with Crippen molar-refractivity contribution in [2.45, 2.75) is 0 Å². The molecule has 0 atom stereocenters. The van der Waals surface area contributed by atoms with E-state index in [0.29, 0.717) is 22.4 Å². The molecule has 6 heteroatoms. The number of ether oxygens (including phenoxy) is 4. The first kappa shape index (κ1) is 14.5. The second-order valence-corrected chi connectivity index (χ2v) is 3.95. The molecule has 0 spiro atoms. The summed E-state index contributed by atoms with van der Waals surface area (Å²) in [6.07, 6.45) is 0. The van der Waals surface area contributed by atoms with Gasteiger partial charge in [-0.15, -0.1) is 0 Å². The Balaban J connectivity index is 2.99. The van der Waals surface area contributed by atoms with Gasteiger partial charge in [-0.25, -0.2) is 0 Å². The van der Waals surface area contributed by atoms with E-state index in [1.54, 1.807) is 51.4 Å². The van der Waals surface area contributed by atoms with Gasteiger partial charge < -0.3 is 23.8 Å². The molecule has 0 bridgehead atoms. The van der Waals surface area contributed by atoms with Crippen LogP contribution < -0.4 is 14.2 Å². The number of benzene rings is 1. The van der Waals surface area contributed by atoms with Gasteiger partial charge in [0.05, 0.1) is 7.11 Å². The molecule has 0 fully saturated rings. The highest BCUT2D eigenvalue weighted by atomic mass is 32.1. The first-order chi connectivity index (χ1) is 8.60. The van der Waals surface area contributed by atoms with Gasteiger partial charge in [0, 0.05) is 21.2 Å². The molecule has 0 N–H and O–H groups in total. The van der Waals surface area contributed by atoms with Gasteiger partial charge in [-0.2, -0.15) is 0 Å². The quantitative estimate of drug-likeness (QED) is 0.602. The Hall–Kier alpha value is -1.53. The maximum atomic E-state index is 5.58. The third kappa shape index (κ3) is 3.75. The lowest BCUT2D eigenvalue weighted by molar-refractivity contribution is 0.0494. The van der Waals surface area contributed by atoms with Crippen molar-refractivity contribution in [3.05, 3.63) is 18.2 Å². The van der Waals surface area contributed by atoms with Crippen LogP contribution in [0.15, 0.2) is 18.2 Å². The summed E-state index contributed by atoms with van der Waals surface area (Å²) >= 11 is 5.10. The van der Waals surface area contributed by atoms with Crippen molar-refractivity contribution in [2.75, 3.05) is 35.1 Å². The van der Waals surface area contributed by atoms with Crippen LogP contribution in [0.5, 0.6) is 17.2 Å². The molecule has 1 aromatic rings. The standard InChI is InChI=1S/C12H17NO4S/c1-13(2)12(18)17-11-9(15-4)6-5-7-10(11)16-8-14-3/h5-7H,8H2,1-4H3. The van der Waals surface area contributed by atoms with Crippen molar-refractivity contribution in [3.8, 4) is 17.2 Å². The van der Waals surface area contributed by atoms with Crippen molar-refractivity contribution < 1.29 is 18.9 Å². The molecule has 100 valence electrons. The molecule has 1 rings (SSSR count). The lowest BCUT2D eigenvalue weighted by atomic mass is 10.3. The average molecular weight is 271 g/mol.